The highest BCUT2D eigenvalue weighted by Crippen LogP contribution is 2.18. The quantitative estimate of drug-likeness (QED) is 0.612. The van der Waals surface area contributed by atoms with Gasteiger partial charge in [-0.25, -0.2) is 9.50 Å². The third-order valence-electron chi connectivity index (χ3n) is 2.13. The molecule has 0 fully saturated rings. The Labute approximate surface area is 88.5 Å². The maximum absolute atomic E-state index is 4.40. The third-order valence-corrected chi connectivity index (χ3v) is 2.54. The predicted molar refractivity (Wildman–Crippen MR) is 58.2 cm³/mol. The number of fused-ring (bicyclic) bond motifs is 3. The lowest BCUT2D eigenvalue weighted by molar-refractivity contribution is 0.950. The zero-order valence-electron chi connectivity index (χ0n) is 7.18. The van der Waals surface area contributed by atoms with Crippen LogP contribution in [0.3, 0.4) is 0 Å². The van der Waals surface area contributed by atoms with Crippen LogP contribution in [0.2, 0.25) is 0 Å². The van der Waals surface area contributed by atoms with Crippen LogP contribution < -0.4 is 0 Å². The molecule has 0 aliphatic heterocycles. The standard InChI is InChI=1S/C10H6BrN3/c11-7-5-12-10-8-3-1-2-4-9(8)13-14(10)6-7/h1-6H. The fraction of sp³-hybridized carbons (Fsp3) is 0. The van der Waals surface area contributed by atoms with Crippen molar-refractivity contribution in [3.05, 3.63) is 41.1 Å². The first-order chi connectivity index (χ1) is 6.84. The predicted octanol–water partition coefficient (Wildman–Crippen LogP) is 2.65. The summed E-state index contributed by atoms with van der Waals surface area (Å²) in [4.78, 5) is 4.32. The molecule has 0 saturated heterocycles. The van der Waals surface area contributed by atoms with E-state index in [4.69, 9.17) is 0 Å². The van der Waals surface area contributed by atoms with Gasteiger partial charge in [0, 0.05) is 17.8 Å². The normalized spacial score (nSPS) is 11.2. The maximum atomic E-state index is 4.40. The number of benzene rings is 1. The summed E-state index contributed by atoms with van der Waals surface area (Å²) in [7, 11) is 0. The first-order valence-corrected chi connectivity index (χ1v) is 5.02. The molecular formula is C10H6BrN3. The number of hydrogen-bond donors (Lipinski definition) is 0. The van der Waals surface area contributed by atoms with E-state index in [1.807, 2.05) is 30.5 Å². The van der Waals surface area contributed by atoms with Crippen molar-refractivity contribution < 1.29 is 0 Å². The van der Waals surface area contributed by atoms with Crippen LogP contribution >= 0.6 is 15.9 Å². The maximum Gasteiger partial charge on any atom is 0.162 e. The topological polar surface area (TPSA) is 30.2 Å². The Morgan fingerprint density at radius 2 is 2.07 bits per heavy atom. The Hall–Kier alpha value is -1.42. The molecule has 1 aromatic carbocycles. The zero-order valence-corrected chi connectivity index (χ0v) is 8.77. The van der Waals surface area contributed by atoms with Gasteiger partial charge in [0.25, 0.3) is 0 Å². The fourth-order valence-corrected chi connectivity index (χ4v) is 1.82. The molecule has 0 radical (unpaired) electrons. The van der Waals surface area contributed by atoms with Gasteiger partial charge in [0.05, 0.1) is 9.99 Å². The van der Waals surface area contributed by atoms with Gasteiger partial charge in [-0.2, -0.15) is 5.10 Å². The van der Waals surface area contributed by atoms with Gasteiger partial charge in [-0.15, -0.1) is 0 Å². The average Bonchev–Trinajstić information content (AvgIpc) is 2.54. The van der Waals surface area contributed by atoms with Crippen molar-refractivity contribution in [3.8, 4) is 0 Å². The summed E-state index contributed by atoms with van der Waals surface area (Å²) >= 11 is 3.37. The van der Waals surface area contributed by atoms with E-state index in [0.717, 1.165) is 21.0 Å². The molecule has 68 valence electrons. The van der Waals surface area contributed by atoms with Crippen LogP contribution in [0.1, 0.15) is 0 Å². The van der Waals surface area contributed by atoms with Crippen LogP contribution in [0.5, 0.6) is 0 Å². The van der Waals surface area contributed by atoms with Gasteiger partial charge in [-0.05, 0) is 28.1 Å². The number of hydrogen-bond acceptors (Lipinski definition) is 2. The lowest BCUT2D eigenvalue weighted by atomic mass is 10.2. The molecule has 0 aliphatic carbocycles. The summed E-state index contributed by atoms with van der Waals surface area (Å²) in [5, 5.41) is 5.48. The highest BCUT2D eigenvalue weighted by atomic mass is 79.9. The summed E-state index contributed by atoms with van der Waals surface area (Å²) in [5.41, 5.74) is 1.86. The largest absolute Gasteiger partial charge is 0.235 e. The van der Waals surface area contributed by atoms with Crippen LogP contribution in [0.25, 0.3) is 16.6 Å². The van der Waals surface area contributed by atoms with Crippen LogP contribution in [-0.2, 0) is 0 Å². The minimum Gasteiger partial charge on any atom is -0.235 e. The molecule has 2 heterocycles. The van der Waals surface area contributed by atoms with Crippen molar-refractivity contribution in [2.75, 3.05) is 0 Å². The van der Waals surface area contributed by atoms with Gasteiger partial charge >= 0.3 is 0 Å². The van der Waals surface area contributed by atoms with E-state index in [2.05, 4.69) is 26.0 Å². The average molecular weight is 248 g/mol. The summed E-state index contributed by atoms with van der Waals surface area (Å²) in [6.45, 7) is 0. The molecule has 2 aromatic heterocycles. The minimum atomic E-state index is 0.892. The second-order valence-electron chi connectivity index (χ2n) is 3.06. The van der Waals surface area contributed by atoms with E-state index in [0.29, 0.717) is 0 Å². The highest BCUT2D eigenvalue weighted by Gasteiger charge is 2.04. The molecule has 0 N–H and O–H groups in total. The third kappa shape index (κ3) is 1.04. The van der Waals surface area contributed by atoms with E-state index in [1.165, 1.54) is 0 Å². The number of rotatable bonds is 0. The SMILES string of the molecule is Brc1cnc2c3ccccc3nn2c1. The van der Waals surface area contributed by atoms with Crippen molar-refractivity contribution in [2.24, 2.45) is 0 Å². The van der Waals surface area contributed by atoms with E-state index in [-0.39, 0.29) is 0 Å². The van der Waals surface area contributed by atoms with E-state index < -0.39 is 0 Å². The summed E-state index contributed by atoms with van der Waals surface area (Å²) < 4.78 is 2.71. The molecule has 14 heavy (non-hydrogen) atoms. The van der Waals surface area contributed by atoms with Crippen molar-refractivity contribution in [1.29, 1.82) is 0 Å². The smallest absolute Gasteiger partial charge is 0.162 e. The fourth-order valence-electron chi connectivity index (χ4n) is 1.53. The van der Waals surface area contributed by atoms with Crippen molar-refractivity contribution in [3.63, 3.8) is 0 Å². The van der Waals surface area contributed by atoms with Crippen LogP contribution in [0.15, 0.2) is 41.1 Å². The van der Waals surface area contributed by atoms with Crippen LogP contribution in [-0.4, -0.2) is 14.6 Å². The summed E-state index contributed by atoms with van der Waals surface area (Å²) in [5.74, 6) is 0. The monoisotopic (exact) mass is 247 g/mol. The Kier molecular flexibility index (Phi) is 1.58. The van der Waals surface area contributed by atoms with Gasteiger partial charge < -0.3 is 0 Å². The highest BCUT2D eigenvalue weighted by molar-refractivity contribution is 9.10. The molecule has 0 saturated carbocycles. The van der Waals surface area contributed by atoms with Crippen LogP contribution in [0.4, 0.5) is 0 Å². The number of nitrogens with zero attached hydrogens (tertiary/aromatic N) is 3. The van der Waals surface area contributed by atoms with Gasteiger partial charge in [0.2, 0.25) is 0 Å². The molecule has 0 unspecified atom stereocenters. The molecule has 0 spiro atoms. The Morgan fingerprint density at radius 1 is 1.21 bits per heavy atom. The Morgan fingerprint density at radius 3 is 3.00 bits per heavy atom. The first kappa shape index (κ1) is 7.94. The van der Waals surface area contributed by atoms with E-state index >= 15 is 0 Å². The molecular weight excluding hydrogens is 242 g/mol. The molecule has 3 rings (SSSR count). The molecule has 0 bridgehead atoms. The molecule has 0 atom stereocenters. The second kappa shape index (κ2) is 2.78. The van der Waals surface area contributed by atoms with Gasteiger partial charge in [0.15, 0.2) is 5.65 Å². The van der Waals surface area contributed by atoms with Gasteiger partial charge in [-0.1, -0.05) is 12.1 Å². The lowest BCUT2D eigenvalue weighted by Gasteiger charge is -1.91. The van der Waals surface area contributed by atoms with Crippen molar-refractivity contribution in [2.45, 2.75) is 0 Å². The molecule has 3 nitrogen and oxygen atoms in total. The Bertz CT molecular complexity index is 615. The number of aromatic nitrogens is 3. The van der Waals surface area contributed by atoms with Gasteiger partial charge in [0.1, 0.15) is 0 Å². The minimum absolute atomic E-state index is 0.892. The summed E-state index contributed by atoms with van der Waals surface area (Å²) in [6.07, 6.45) is 3.69. The zero-order chi connectivity index (χ0) is 9.54. The molecule has 4 heteroatoms. The molecule has 0 aliphatic rings. The molecule has 3 aromatic rings. The number of halogens is 1. The van der Waals surface area contributed by atoms with Crippen LogP contribution in [0, 0.1) is 0 Å². The van der Waals surface area contributed by atoms with Gasteiger partial charge in [-0.3, -0.25) is 0 Å². The Balaban J connectivity index is 2.57. The van der Waals surface area contributed by atoms with E-state index in [1.54, 1.807) is 10.7 Å². The lowest BCUT2D eigenvalue weighted by Crippen LogP contribution is -1.88. The van der Waals surface area contributed by atoms with E-state index in [9.17, 15) is 0 Å². The first-order valence-electron chi connectivity index (χ1n) is 4.23. The van der Waals surface area contributed by atoms with Crippen molar-refractivity contribution >= 4 is 32.5 Å². The summed E-state index contributed by atoms with van der Waals surface area (Å²) in [6, 6.07) is 7.98. The molecule has 0 amide bonds. The second-order valence-corrected chi connectivity index (χ2v) is 3.97. The van der Waals surface area contributed by atoms with Crippen molar-refractivity contribution in [1.82, 2.24) is 14.6 Å².